The average molecular weight is 266 g/mol. The molecule has 0 radical (unpaired) electrons. The first-order valence-electron chi connectivity index (χ1n) is 7.02. The largest absolute Gasteiger partial charge is 0.380 e. The van der Waals surface area contributed by atoms with Crippen LogP contribution in [0.1, 0.15) is 25.3 Å². The van der Waals surface area contributed by atoms with Crippen molar-refractivity contribution in [3.63, 3.8) is 0 Å². The molecular formula is C15H23FN2O. The smallest absolute Gasteiger partial charge is 0.129 e. The Morgan fingerprint density at radius 3 is 3.00 bits per heavy atom. The summed E-state index contributed by atoms with van der Waals surface area (Å²) in [5, 5.41) is 3.28. The maximum Gasteiger partial charge on any atom is 0.129 e. The first-order valence-corrected chi connectivity index (χ1v) is 7.02. The summed E-state index contributed by atoms with van der Waals surface area (Å²) in [4.78, 5) is 2.22. The first kappa shape index (κ1) is 14.3. The van der Waals surface area contributed by atoms with Crippen molar-refractivity contribution in [1.82, 2.24) is 5.32 Å². The maximum atomic E-state index is 14.0. The van der Waals surface area contributed by atoms with Crippen LogP contribution < -0.4 is 10.2 Å². The van der Waals surface area contributed by atoms with Gasteiger partial charge in [-0.05, 0) is 31.5 Å². The van der Waals surface area contributed by atoms with E-state index in [1.807, 2.05) is 6.07 Å². The highest BCUT2D eigenvalue weighted by molar-refractivity contribution is 5.55. The monoisotopic (exact) mass is 266 g/mol. The van der Waals surface area contributed by atoms with E-state index in [0.29, 0.717) is 6.54 Å². The van der Waals surface area contributed by atoms with Crippen molar-refractivity contribution in [1.29, 1.82) is 0 Å². The van der Waals surface area contributed by atoms with Gasteiger partial charge >= 0.3 is 0 Å². The summed E-state index contributed by atoms with van der Waals surface area (Å²) in [7, 11) is 1.74. The number of ether oxygens (including phenoxy) is 1. The molecule has 106 valence electrons. The normalized spacial score (nSPS) is 19.1. The summed E-state index contributed by atoms with van der Waals surface area (Å²) in [5.41, 5.74) is 1.77. The Morgan fingerprint density at radius 1 is 1.47 bits per heavy atom. The lowest BCUT2D eigenvalue weighted by Crippen LogP contribution is -2.25. The van der Waals surface area contributed by atoms with Gasteiger partial charge in [0.2, 0.25) is 0 Å². The van der Waals surface area contributed by atoms with Gasteiger partial charge < -0.3 is 15.0 Å². The van der Waals surface area contributed by atoms with Gasteiger partial charge in [-0.1, -0.05) is 13.0 Å². The van der Waals surface area contributed by atoms with Crippen LogP contribution in [-0.2, 0) is 11.3 Å². The number of nitrogens with zero attached hydrogens (tertiary/aromatic N) is 1. The Bertz CT molecular complexity index is 411. The van der Waals surface area contributed by atoms with Crippen molar-refractivity contribution in [2.45, 2.75) is 32.4 Å². The highest BCUT2D eigenvalue weighted by Crippen LogP contribution is 2.27. The Labute approximate surface area is 114 Å². The minimum absolute atomic E-state index is 0.123. The fourth-order valence-corrected chi connectivity index (χ4v) is 2.55. The predicted octanol–water partition coefficient (Wildman–Crippen LogP) is 2.55. The number of methoxy groups -OCH3 is 1. The zero-order chi connectivity index (χ0) is 13.7. The Balaban J connectivity index is 2.13. The number of hydrogen-bond acceptors (Lipinski definition) is 3. The summed E-state index contributed by atoms with van der Waals surface area (Å²) in [6, 6.07) is 5.33. The van der Waals surface area contributed by atoms with E-state index in [2.05, 4.69) is 17.1 Å². The quantitative estimate of drug-likeness (QED) is 0.801. The molecule has 1 saturated heterocycles. The Kier molecular flexibility index (Phi) is 5.16. The summed E-state index contributed by atoms with van der Waals surface area (Å²) in [5.74, 6) is -0.123. The SMILES string of the molecule is CCCNCc1c(F)cccc1N1CCC(OC)C1. The summed E-state index contributed by atoms with van der Waals surface area (Å²) in [6.45, 7) is 5.39. The van der Waals surface area contributed by atoms with Crippen LogP contribution in [0.25, 0.3) is 0 Å². The molecule has 1 aromatic rings. The fraction of sp³-hybridized carbons (Fsp3) is 0.600. The van der Waals surface area contributed by atoms with Gasteiger partial charge in [0.1, 0.15) is 5.82 Å². The lowest BCUT2D eigenvalue weighted by molar-refractivity contribution is 0.121. The van der Waals surface area contributed by atoms with Crippen molar-refractivity contribution >= 4 is 5.69 Å². The standard InChI is InChI=1S/C15H23FN2O/c1-3-8-17-10-13-14(16)5-4-6-15(13)18-9-7-12(11-18)19-2/h4-6,12,17H,3,7-11H2,1-2H3. The van der Waals surface area contributed by atoms with Crippen LogP contribution in [0.2, 0.25) is 0 Å². The molecule has 3 nitrogen and oxygen atoms in total. The molecule has 1 atom stereocenters. The predicted molar refractivity (Wildman–Crippen MR) is 76.0 cm³/mol. The number of halogens is 1. The van der Waals surface area contributed by atoms with Crippen molar-refractivity contribution in [2.24, 2.45) is 0 Å². The van der Waals surface area contributed by atoms with E-state index in [1.54, 1.807) is 13.2 Å². The molecule has 1 aromatic carbocycles. The van der Waals surface area contributed by atoms with Crippen molar-refractivity contribution in [3.8, 4) is 0 Å². The van der Waals surface area contributed by atoms with Crippen molar-refractivity contribution in [2.75, 3.05) is 31.6 Å². The second-order valence-corrected chi connectivity index (χ2v) is 5.01. The van der Waals surface area contributed by atoms with Crippen LogP contribution in [-0.4, -0.2) is 32.8 Å². The number of hydrogen-bond donors (Lipinski definition) is 1. The minimum atomic E-state index is -0.123. The molecule has 0 spiro atoms. The number of anilines is 1. The molecule has 0 saturated carbocycles. The molecule has 1 aliphatic heterocycles. The molecule has 19 heavy (non-hydrogen) atoms. The summed E-state index contributed by atoms with van der Waals surface area (Å²) < 4.78 is 19.4. The number of benzene rings is 1. The molecule has 1 N–H and O–H groups in total. The molecule has 1 fully saturated rings. The second kappa shape index (κ2) is 6.87. The molecule has 1 unspecified atom stereocenters. The van der Waals surface area contributed by atoms with E-state index < -0.39 is 0 Å². The molecule has 0 aliphatic carbocycles. The van der Waals surface area contributed by atoms with E-state index >= 15 is 0 Å². The Morgan fingerprint density at radius 2 is 2.32 bits per heavy atom. The van der Waals surface area contributed by atoms with E-state index in [4.69, 9.17) is 4.74 Å². The lowest BCUT2D eigenvalue weighted by Gasteiger charge is -2.22. The maximum absolute atomic E-state index is 14.0. The van der Waals surface area contributed by atoms with Gasteiger partial charge in [0.25, 0.3) is 0 Å². The van der Waals surface area contributed by atoms with Gasteiger partial charge in [0.05, 0.1) is 6.10 Å². The minimum Gasteiger partial charge on any atom is -0.380 e. The van der Waals surface area contributed by atoms with Crippen LogP contribution in [0.4, 0.5) is 10.1 Å². The van der Waals surface area contributed by atoms with E-state index in [1.165, 1.54) is 6.07 Å². The molecular weight excluding hydrogens is 243 g/mol. The first-order chi connectivity index (χ1) is 9.26. The Hall–Kier alpha value is -1.13. The van der Waals surface area contributed by atoms with Crippen LogP contribution in [0.5, 0.6) is 0 Å². The summed E-state index contributed by atoms with van der Waals surface area (Å²) >= 11 is 0. The fourth-order valence-electron chi connectivity index (χ4n) is 2.55. The zero-order valence-corrected chi connectivity index (χ0v) is 11.8. The van der Waals surface area contributed by atoms with Crippen LogP contribution in [0.3, 0.4) is 0 Å². The van der Waals surface area contributed by atoms with Gasteiger partial charge in [-0.3, -0.25) is 0 Å². The molecule has 0 amide bonds. The average Bonchev–Trinajstić information content (AvgIpc) is 2.89. The summed E-state index contributed by atoms with van der Waals surface area (Å²) in [6.07, 6.45) is 2.33. The third-order valence-corrected chi connectivity index (χ3v) is 3.64. The van der Waals surface area contributed by atoms with Gasteiger partial charge in [-0.2, -0.15) is 0 Å². The third-order valence-electron chi connectivity index (χ3n) is 3.64. The second-order valence-electron chi connectivity index (χ2n) is 5.01. The number of nitrogens with one attached hydrogen (secondary N) is 1. The number of rotatable bonds is 6. The lowest BCUT2D eigenvalue weighted by atomic mass is 10.1. The molecule has 1 heterocycles. The van der Waals surface area contributed by atoms with Crippen molar-refractivity contribution < 1.29 is 9.13 Å². The molecule has 2 rings (SSSR count). The molecule has 1 aliphatic rings. The van der Waals surface area contributed by atoms with E-state index in [9.17, 15) is 4.39 Å². The van der Waals surface area contributed by atoms with Gasteiger partial charge in [-0.25, -0.2) is 4.39 Å². The molecule has 0 bridgehead atoms. The van der Waals surface area contributed by atoms with Crippen LogP contribution in [0, 0.1) is 5.82 Å². The van der Waals surface area contributed by atoms with Gasteiger partial charge in [-0.15, -0.1) is 0 Å². The van der Waals surface area contributed by atoms with Crippen LogP contribution in [0.15, 0.2) is 18.2 Å². The van der Waals surface area contributed by atoms with Crippen LogP contribution >= 0.6 is 0 Å². The molecule has 4 heteroatoms. The highest BCUT2D eigenvalue weighted by Gasteiger charge is 2.24. The van der Waals surface area contributed by atoms with E-state index in [-0.39, 0.29) is 11.9 Å². The van der Waals surface area contributed by atoms with Gasteiger partial charge in [0.15, 0.2) is 0 Å². The topological polar surface area (TPSA) is 24.5 Å². The third kappa shape index (κ3) is 3.45. The highest BCUT2D eigenvalue weighted by atomic mass is 19.1. The zero-order valence-electron chi connectivity index (χ0n) is 11.8. The van der Waals surface area contributed by atoms with Gasteiger partial charge in [0, 0.05) is 38.0 Å². The van der Waals surface area contributed by atoms with Crippen molar-refractivity contribution in [3.05, 3.63) is 29.6 Å². The molecule has 0 aromatic heterocycles. The van der Waals surface area contributed by atoms with E-state index in [0.717, 1.165) is 43.7 Å².